The molecule has 1 atom stereocenters. The van der Waals surface area contributed by atoms with Crippen molar-refractivity contribution in [3.63, 3.8) is 0 Å². The van der Waals surface area contributed by atoms with Crippen molar-refractivity contribution in [1.29, 1.82) is 0 Å². The molecule has 1 rings (SSSR count). The van der Waals surface area contributed by atoms with Gasteiger partial charge in [0.05, 0.1) is 6.42 Å². The molecular weight excluding hydrogens is 351 g/mol. The Kier molecular flexibility index (Phi) is 5.09. The quantitative estimate of drug-likeness (QED) is 0.666. The SMILES string of the molecule is O=C(O)C[C@](O)(CCc1ccc(I)cc1)C(=O)O. The van der Waals surface area contributed by atoms with E-state index in [0.717, 1.165) is 9.13 Å². The van der Waals surface area contributed by atoms with Gasteiger partial charge in [-0.05, 0) is 53.1 Å². The smallest absolute Gasteiger partial charge is 0.336 e. The maximum atomic E-state index is 10.9. The van der Waals surface area contributed by atoms with Gasteiger partial charge in [-0.2, -0.15) is 0 Å². The monoisotopic (exact) mass is 364 g/mol. The van der Waals surface area contributed by atoms with E-state index in [1.54, 1.807) is 0 Å². The number of aryl methyl sites for hydroxylation is 1. The molecule has 0 aromatic heterocycles. The average molecular weight is 364 g/mol. The van der Waals surface area contributed by atoms with Crippen molar-refractivity contribution >= 4 is 34.5 Å². The van der Waals surface area contributed by atoms with Crippen LogP contribution in [0.15, 0.2) is 24.3 Å². The molecule has 0 bridgehead atoms. The summed E-state index contributed by atoms with van der Waals surface area (Å²) in [5, 5.41) is 27.3. The zero-order chi connectivity index (χ0) is 13.8. The Morgan fingerprint density at radius 1 is 1.17 bits per heavy atom. The van der Waals surface area contributed by atoms with Gasteiger partial charge in [0, 0.05) is 3.57 Å². The summed E-state index contributed by atoms with van der Waals surface area (Å²) in [6.45, 7) is 0. The molecule has 1 aromatic carbocycles. The highest BCUT2D eigenvalue weighted by atomic mass is 127. The van der Waals surface area contributed by atoms with E-state index in [4.69, 9.17) is 10.2 Å². The number of rotatable bonds is 6. The molecule has 0 saturated heterocycles. The maximum absolute atomic E-state index is 10.9. The van der Waals surface area contributed by atoms with Gasteiger partial charge in [-0.1, -0.05) is 12.1 Å². The lowest BCUT2D eigenvalue weighted by atomic mass is 9.92. The molecule has 3 N–H and O–H groups in total. The summed E-state index contributed by atoms with van der Waals surface area (Å²) in [5.41, 5.74) is -1.35. The van der Waals surface area contributed by atoms with Crippen molar-refractivity contribution < 1.29 is 24.9 Å². The predicted molar refractivity (Wildman–Crippen MR) is 72.3 cm³/mol. The Balaban J connectivity index is 2.71. The summed E-state index contributed by atoms with van der Waals surface area (Å²) in [7, 11) is 0. The normalized spacial score (nSPS) is 13.9. The first-order valence-corrected chi connectivity index (χ1v) is 6.33. The maximum Gasteiger partial charge on any atom is 0.336 e. The van der Waals surface area contributed by atoms with Gasteiger partial charge >= 0.3 is 11.9 Å². The lowest BCUT2D eigenvalue weighted by Crippen LogP contribution is -2.41. The van der Waals surface area contributed by atoms with E-state index >= 15 is 0 Å². The number of benzene rings is 1. The molecule has 5 nitrogen and oxygen atoms in total. The van der Waals surface area contributed by atoms with Crippen LogP contribution in [-0.2, 0) is 16.0 Å². The van der Waals surface area contributed by atoms with Crippen LogP contribution in [0.3, 0.4) is 0 Å². The Hall–Kier alpha value is -1.15. The van der Waals surface area contributed by atoms with Crippen molar-refractivity contribution in [2.75, 3.05) is 0 Å². The number of carbonyl (C=O) groups is 2. The molecule has 0 unspecified atom stereocenters. The van der Waals surface area contributed by atoms with E-state index in [1.165, 1.54) is 0 Å². The number of aliphatic carboxylic acids is 2. The summed E-state index contributed by atoms with van der Waals surface area (Å²) < 4.78 is 1.05. The van der Waals surface area contributed by atoms with Crippen LogP contribution in [0.4, 0.5) is 0 Å². The molecule has 0 radical (unpaired) electrons. The fourth-order valence-electron chi connectivity index (χ4n) is 1.52. The molecule has 0 spiro atoms. The average Bonchev–Trinajstić information content (AvgIpc) is 2.27. The van der Waals surface area contributed by atoms with E-state index in [0.29, 0.717) is 6.42 Å². The molecular formula is C12H13IO5. The van der Waals surface area contributed by atoms with Crippen LogP contribution in [0, 0.1) is 3.57 Å². The molecule has 0 fully saturated rings. The Labute approximate surface area is 118 Å². The third-order valence-corrected chi connectivity index (χ3v) is 3.30. The largest absolute Gasteiger partial charge is 0.481 e. The minimum atomic E-state index is -2.21. The molecule has 0 aliphatic carbocycles. The van der Waals surface area contributed by atoms with Gasteiger partial charge in [0.15, 0.2) is 5.60 Å². The highest BCUT2D eigenvalue weighted by molar-refractivity contribution is 14.1. The minimum Gasteiger partial charge on any atom is -0.481 e. The van der Waals surface area contributed by atoms with Crippen LogP contribution in [0.25, 0.3) is 0 Å². The van der Waals surface area contributed by atoms with Gasteiger partial charge in [0.2, 0.25) is 0 Å². The highest BCUT2D eigenvalue weighted by Crippen LogP contribution is 2.19. The third-order valence-electron chi connectivity index (χ3n) is 2.58. The molecule has 98 valence electrons. The summed E-state index contributed by atoms with van der Waals surface area (Å²) >= 11 is 2.15. The molecule has 6 heteroatoms. The van der Waals surface area contributed by atoms with Crippen molar-refractivity contribution in [3.05, 3.63) is 33.4 Å². The van der Waals surface area contributed by atoms with Crippen molar-refractivity contribution in [3.8, 4) is 0 Å². The molecule has 0 saturated carbocycles. The molecule has 1 aromatic rings. The Morgan fingerprint density at radius 2 is 1.72 bits per heavy atom. The standard InChI is InChI=1S/C12H13IO5/c13-9-3-1-8(2-4-9)5-6-12(18,11(16)17)7-10(14)15/h1-4,18H,5-7H2,(H,14,15)(H,16,17)/t12-/m1/s1. The Morgan fingerprint density at radius 3 is 2.17 bits per heavy atom. The summed E-state index contributed by atoms with van der Waals surface area (Å²) in [6.07, 6.45) is -0.616. The fraction of sp³-hybridized carbons (Fsp3) is 0.333. The van der Waals surface area contributed by atoms with Gasteiger partial charge in [0.25, 0.3) is 0 Å². The number of hydrogen-bond donors (Lipinski definition) is 3. The molecule has 18 heavy (non-hydrogen) atoms. The van der Waals surface area contributed by atoms with Crippen LogP contribution in [-0.4, -0.2) is 32.9 Å². The topological polar surface area (TPSA) is 94.8 Å². The number of carboxylic acids is 2. The number of hydrogen-bond acceptors (Lipinski definition) is 3. The molecule has 0 aliphatic rings. The van der Waals surface area contributed by atoms with E-state index < -0.39 is 24.0 Å². The first kappa shape index (κ1) is 14.9. The zero-order valence-corrected chi connectivity index (χ0v) is 11.6. The third kappa shape index (κ3) is 4.26. The first-order chi connectivity index (χ1) is 8.33. The van der Waals surface area contributed by atoms with E-state index in [-0.39, 0.29) is 6.42 Å². The first-order valence-electron chi connectivity index (χ1n) is 5.25. The van der Waals surface area contributed by atoms with Crippen LogP contribution in [0.2, 0.25) is 0 Å². The lowest BCUT2D eigenvalue weighted by Gasteiger charge is -2.21. The lowest BCUT2D eigenvalue weighted by molar-refractivity contribution is -0.166. The summed E-state index contributed by atoms with van der Waals surface area (Å²) in [6, 6.07) is 7.38. The number of aliphatic hydroxyl groups is 1. The second kappa shape index (κ2) is 6.14. The van der Waals surface area contributed by atoms with Gasteiger partial charge in [-0.25, -0.2) is 4.79 Å². The van der Waals surface area contributed by atoms with Crippen molar-refractivity contribution in [2.24, 2.45) is 0 Å². The molecule has 0 amide bonds. The van der Waals surface area contributed by atoms with Crippen LogP contribution >= 0.6 is 22.6 Å². The second-order valence-electron chi connectivity index (χ2n) is 4.03. The van der Waals surface area contributed by atoms with Gasteiger partial charge in [-0.3, -0.25) is 4.79 Å². The van der Waals surface area contributed by atoms with Crippen LogP contribution in [0.1, 0.15) is 18.4 Å². The second-order valence-corrected chi connectivity index (χ2v) is 5.28. The van der Waals surface area contributed by atoms with Gasteiger partial charge < -0.3 is 15.3 Å². The van der Waals surface area contributed by atoms with E-state index in [2.05, 4.69) is 22.6 Å². The van der Waals surface area contributed by atoms with E-state index in [1.807, 2.05) is 24.3 Å². The molecule has 0 heterocycles. The van der Waals surface area contributed by atoms with Crippen molar-refractivity contribution in [2.45, 2.75) is 24.9 Å². The number of halogens is 1. The molecule has 0 aliphatic heterocycles. The van der Waals surface area contributed by atoms with Gasteiger partial charge in [-0.15, -0.1) is 0 Å². The van der Waals surface area contributed by atoms with Gasteiger partial charge in [0.1, 0.15) is 0 Å². The summed E-state index contributed by atoms with van der Waals surface area (Å²) in [5.74, 6) is -2.84. The summed E-state index contributed by atoms with van der Waals surface area (Å²) in [4.78, 5) is 21.5. The number of carboxylic acid groups (broad SMARTS) is 2. The fourth-order valence-corrected chi connectivity index (χ4v) is 1.88. The zero-order valence-electron chi connectivity index (χ0n) is 9.47. The van der Waals surface area contributed by atoms with Crippen molar-refractivity contribution in [1.82, 2.24) is 0 Å². The van der Waals surface area contributed by atoms with Crippen LogP contribution in [0.5, 0.6) is 0 Å². The Bertz CT molecular complexity index is 442. The predicted octanol–water partition coefficient (Wildman–Crippen LogP) is 1.51. The highest BCUT2D eigenvalue weighted by Gasteiger charge is 2.37. The van der Waals surface area contributed by atoms with Crippen LogP contribution < -0.4 is 0 Å². The minimum absolute atomic E-state index is 0.130. The van der Waals surface area contributed by atoms with E-state index in [9.17, 15) is 14.7 Å².